The molecule has 2 heterocycles. The normalized spacial score (nSPS) is 14.2. The van der Waals surface area contributed by atoms with Gasteiger partial charge in [0.2, 0.25) is 11.8 Å². The van der Waals surface area contributed by atoms with E-state index in [1.165, 1.54) is 18.2 Å². The Labute approximate surface area is 184 Å². The van der Waals surface area contributed by atoms with Crippen LogP contribution in [0, 0.1) is 29.4 Å². The number of aromatic amines is 1. The Morgan fingerprint density at radius 1 is 1.19 bits per heavy atom. The molecule has 31 heavy (non-hydrogen) atoms. The topological polar surface area (TPSA) is 143 Å². The van der Waals surface area contributed by atoms with Crippen molar-refractivity contribution in [1.82, 2.24) is 10.2 Å². The molecule has 2 amide bonds. The van der Waals surface area contributed by atoms with Crippen molar-refractivity contribution in [3.63, 3.8) is 0 Å². The lowest BCUT2D eigenvalue weighted by Gasteiger charge is -2.15. The van der Waals surface area contributed by atoms with E-state index in [1.807, 2.05) is 13.0 Å². The van der Waals surface area contributed by atoms with Gasteiger partial charge in [0, 0.05) is 17.3 Å². The molecular weight excluding hydrogens is 470 g/mol. The molecule has 1 aliphatic carbocycles. The number of H-pyrrole nitrogens is 1. The van der Waals surface area contributed by atoms with E-state index >= 15 is 0 Å². The van der Waals surface area contributed by atoms with Crippen LogP contribution in [0.5, 0.6) is 0 Å². The number of aromatic nitrogens is 2. The number of hydrogen-bond donors (Lipinski definition) is 3. The van der Waals surface area contributed by atoms with Crippen molar-refractivity contribution < 1.29 is 18.9 Å². The third-order valence-corrected chi connectivity index (χ3v) is 5.92. The summed E-state index contributed by atoms with van der Waals surface area (Å²) in [6.07, 6.45) is 0.744. The van der Waals surface area contributed by atoms with Gasteiger partial charge in [-0.25, -0.2) is 0 Å². The molecule has 0 atom stereocenters. The van der Waals surface area contributed by atoms with Crippen LogP contribution in [0.15, 0.2) is 39.2 Å². The predicted molar refractivity (Wildman–Crippen MR) is 115 cm³/mol. The maximum absolute atomic E-state index is 12.9. The van der Waals surface area contributed by atoms with Crippen LogP contribution in [0.25, 0.3) is 11.5 Å². The second-order valence-corrected chi connectivity index (χ2v) is 8.25. The van der Waals surface area contributed by atoms with E-state index in [1.54, 1.807) is 13.0 Å². The zero-order chi connectivity index (χ0) is 22.3. The maximum atomic E-state index is 12.9. The summed E-state index contributed by atoms with van der Waals surface area (Å²) in [5.74, 6) is 0.660. The van der Waals surface area contributed by atoms with Gasteiger partial charge < -0.3 is 15.1 Å². The molecule has 1 saturated carbocycles. The van der Waals surface area contributed by atoms with Crippen molar-refractivity contribution in [2.45, 2.75) is 26.7 Å². The number of hydrogen-bond acceptors (Lipinski definition) is 6. The molecule has 0 unspecified atom stereocenters. The number of anilines is 2. The van der Waals surface area contributed by atoms with E-state index in [-0.39, 0.29) is 11.4 Å². The summed E-state index contributed by atoms with van der Waals surface area (Å²) in [4.78, 5) is 36.2. The van der Waals surface area contributed by atoms with Gasteiger partial charge in [-0.2, -0.15) is 5.10 Å². The fourth-order valence-corrected chi connectivity index (χ4v) is 3.61. The van der Waals surface area contributed by atoms with E-state index in [0.29, 0.717) is 40.1 Å². The molecule has 0 aliphatic heterocycles. The lowest BCUT2D eigenvalue weighted by Crippen LogP contribution is -2.35. The summed E-state index contributed by atoms with van der Waals surface area (Å²) in [7, 11) is 0. The standard InChI is InChI=1S/C20H18BrN5O5/c1-10-3-6-15(31-10)16-11(2)17(25-24-16)23-19(28)20(7-8-20)18(27)22-12-4-5-13(21)14(9-12)26(29)30/h3-6,9H,7-8H2,1-2H3,(H,22,27)(H2,23,24,25,28). The average Bonchev–Trinajstić information content (AvgIpc) is 3.33. The molecule has 0 spiro atoms. The Kier molecular flexibility index (Phi) is 5.13. The molecule has 1 aromatic carbocycles. The molecule has 3 N–H and O–H groups in total. The van der Waals surface area contributed by atoms with Crippen LogP contribution in [-0.2, 0) is 9.59 Å². The van der Waals surface area contributed by atoms with Gasteiger partial charge in [0.1, 0.15) is 16.9 Å². The van der Waals surface area contributed by atoms with Gasteiger partial charge in [0.15, 0.2) is 11.6 Å². The van der Waals surface area contributed by atoms with Gasteiger partial charge in [-0.05, 0) is 66.9 Å². The van der Waals surface area contributed by atoms with E-state index in [9.17, 15) is 19.7 Å². The average molecular weight is 488 g/mol. The minimum atomic E-state index is -1.24. The quantitative estimate of drug-likeness (QED) is 0.268. The van der Waals surface area contributed by atoms with Crippen molar-refractivity contribution in [2.75, 3.05) is 10.6 Å². The van der Waals surface area contributed by atoms with Crippen LogP contribution in [0.2, 0.25) is 0 Å². The highest BCUT2D eigenvalue weighted by atomic mass is 79.9. The summed E-state index contributed by atoms with van der Waals surface area (Å²) in [6, 6.07) is 7.86. The zero-order valence-corrected chi connectivity index (χ0v) is 18.2. The van der Waals surface area contributed by atoms with Crippen molar-refractivity contribution >= 4 is 44.9 Å². The fourth-order valence-electron chi connectivity index (χ4n) is 3.22. The molecule has 10 nitrogen and oxygen atoms in total. The molecule has 0 radical (unpaired) electrons. The minimum Gasteiger partial charge on any atom is -0.460 e. The Morgan fingerprint density at radius 2 is 1.90 bits per heavy atom. The first-order valence-electron chi connectivity index (χ1n) is 9.40. The Hall–Kier alpha value is -3.47. The first-order chi connectivity index (χ1) is 14.7. The monoisotopic (exact) mass is 487 g/mol. The number of benzene rings is 1. The number of rotatable bonds is 6. The molecule has 11 heteroatoms. The summed E-state index contributed by atoms with van der Waals surface area (Å²) in [5.41, 5.74) is 0.141. The molecule has 0 bridgehead atoms. The van der Waals surface area contributed by atoms with E-state index < -0.39 is 22.2 Å². The minimum absolute atomic E-state index is 0.181. The Bertz CT molecular complexity index is 1210. The smallest absolute Gasteiger partial charge is 0.285 e. The number of nitrogens with zero attached hydrogens (tertiary/aromatic N) is 2. The number of nitro benzene ring substituents is 1. The summed E-state index contributed by atoms with van der Waals surface area (Å²) in [6.45, 7) is 3.61. The lowest BCUT2D eigenvalue weighted by atomic mass is 10.0. The fraction of sp³-hybridized carbons (Fsp3) is 0.250. The van der Waals surface area contributed by atoms with Crippen LogP contribution >= 0.6 is 15.9 Å². The number of carbonyl (C=O) groups excluding carboxylic acids is 2. The highest BCUT2D eigenvalue weighted by molar-refractivity contribution is 9.10. The van der Waals surface area contributed by atoms with E-state index in [4.69, 9.17) is 4.42 Å². The zero-order valence-electron chi connectivity index (χ0n) is 16.6. The lowest BCUT2D eigenvalue weighted by molar-refractivity contribution is -0.385. The van der Waals surface area contributed by atoms with Gasteiger partial charge in [-0.15, -0.1) is 0 Å². The number of furan rings is 1. The van der Waals surface area contributed by atoms with Crippen LogP contribution < -0.4 is 10.6 Å². The predicted octanol–water partition coefficient (Wildman–Crippen LogP) is 4.31. The molecule has 1 fully saturated rings. The SMILES string of the molecule is Cc1ccc(-c2[nH]nc(NC(=O)C3(C(=O)Nc4ccc(Br)c([N+](=O)[O-])c4)CC3)c2C)o1. The molecule has 0 saturated heterocycles. The Morgan fingerprint density at radius 3 is 2.52 bits per heavy atom. The number of carbonyl (C=O) groups is 2. The van der Waals surface area contributed by atoms with E-state index in [0.717, 1.165) is 5.76 Å². The van der Waals surface area contributed by atoms with Gasteiger partial charge >= 0.3 is 0 Å². The maximum Gasteiger partial charge on any atom is 0.285 e. The molecule has 1 aliphatic rings. The number of halogens is 1. The summed E-state index contributed by atoms with van der Waals surface area (Å²) < 4.78 is 5.89. The van der Waals surface area contributed by atoms with Crippen LogP contribution in [0.4, 0.5) is 17.2 Å². The van der Waals surface area contributed by atoms with Crippen molar-refractivity contribution in [3.8, 4) is 11.5 Å². The summed E-state index contributed by atoms with van der Waals surface area (Å²) in [5, 5.41) is 23.4. The van der Waals surface area contributed by atoms with Gasteiger partial charge in [-0.3, -0.25) is 24.8 Å². The van der Waals surface area contributed by atoms with Gasteiger partial charge in [0.05, 0.1) is 9.40 Å². The molecule has 4 rings (SSSR count). The Balaban J connectivity index is 1.49. The van der Waals surface area contributed by atoms with Crippen LogP contribution in [0.3, 0.4) is 0 Å². The number of amides is 2. The molecule has 2 aromatic heterocycles. The van der Waals surface area contributed by atoms with Crippen molar-refractivity contribution in [1.29, 1.82) is 0 Å². The van der Waals surface area contributed by atoms with Crippen molar-refractivity contribution in [2.24, 2.45) is 5.41 Å². The number of aryl methyl sites for hydroxylation is 1. The first-order valence-corrected chi connectivity index (χ1v) is 10.2. The molecule has 3 aromatic rings. The third-order valence-electron chi connectivity index (χ3n) is 5.25. The van der Waals surface area contributed by atoms with Gasteiger partial charge in [0.25, 0.3) is 5.69 Å². The van der Waals surface area contributed by atoms with Crippen LogP contribution in [-0.4, -0.2) is 26.9 Å². The molecule has 160 valence electrons. The van der Waals surface area contributed by atoms with Crippen LogP contribution in [0.1, 0.15) is 24.2 Å². The summed E-state index contributed by atoms with van der Waals surface area (Å²) >= 11 is 3.10. The molecular formula is C20H18BrN5O5. The highest BCUT2D eigenvalue weighted by Crippen LogP contribution is 2.48. The second kappa shape index (κ2) is 7.65. The highest BCUT2D eigenvalue weighted by Gasteiger charge is 2.56. The number of nitrogens with one attached hydrogen (secondary N) is 3. The van der Waals surface area contributed by atoms with Gasteiger partial charge in [-0.1, -0.05) is 0 Å². The number of nitro groups is 1. The third kappa shape index (κ3) is 3.83. The first kappa shape index (κ1) is 20.8. The van der Waals surface area contributed by atoms with E-state index in [2.05, 4.69) is 36.8 Å². The largest absolute Gasteiger partial charge is 0.460 e. The van der Waals surface area contributed by atoms with Crippen molar-refractivity contribution in [3.05, 3.63) is 56.2 Å². The second-order valence-electron chi connectivity index (χ2n) is 7.40.